The van der Waals surface area contributed by atoms with Crippen LogP contribution in [-0.2, 0) is 18.4 Å². The van der Waals surface area contributed by atoms with Gasteiger partial charge in [0.1, 0.15) is 18.1 Å². The number of methoxy groups -OCH3 is 1. The highest BCUT2D eigenvalue weighted by Crippen LogP contribution is 2.21. The lowest BCUT2D eigenvalue weighted by molar-refractivity contribution is -0.128. The molecule has 1 aliphatic rings. The first-order valence-corrected chi connectivity index (χ1v) is 11.5. The van der Waals surface area contributed by atoms with E-state index in [-0.39, 0.29) is 5.91 Å². The van der Waals surface area contributed by atoms with Crippen molar-refractivity contribution in [2.75, 3.05) is 43.9 Å². The van der Waals surface area contributed by atoms with E-state index in [4.69, 9.17) is 9.47 Å². The highest BCUT2D eigenvalue weighted by Gasteiger charge is 2.22. The predicted molar refractivity (Wildman–Crippen MR) is 124 cm³/mol. The molecule has 1 saturated heterocycles. The first kappa shape index (κ1) is 22.0. The van der Waals surface area contributed by atoms with Crippen LogP contribution < -0.4 is 14.4 Å². The molecule has 9 heteroatoms. The van der Waals surface area contributed by atoms with Crippen LogP contribution in [0.1, 0.15) is 5.82 Å². The van der Waals surface area contributed by atoms with E-state index in [0.717, 1.165) is 37.7 Å². The van der Waals surface area contributed by atoms with Gasteiger partial charge in [-0.15, -0.1) is 10.2 Å². The van der Waals surface area contributed by atoms with Crippen molar-refractivity contribution in [2.45, 2.75) is 11.8 Å². The number of carbonyl (C=O) groups is 1. The molecule has 4 rings (SSSR count). The molecule has 1 aromatic heterocycles. The molecular weight excluding hydrogens is 426 g/mol. The lowest BCUT2D eigenvalue weighted by Gasteiger charge is -2.36. The Kier molecular flexibility index (Phi) is 7.16. The van der Waals surface area contributed by atoms with Crippen LogP contribution in [0.5, 0.6) is 11.5 Å². The van der Waals surface area contributed by atoms with E-state index in [0.29, 0.717) is 23.3 Å². The molecular formula is C23H27N5O3S. The summed E-state index contributed by atoms with van der Waals surface area (Å²) in [6.45, 7) is 3.45. The number of carbonyl (C=O) groups excluding carboxylic acids is 1. The van der Waals surface area contributed by atoms with Gasteiger partial charge in [0.05, 0.1) is 12.9 Å². The minimum Gasteiger partial charge on any atom is -0.497 e. The van der Waals surface area contributed by atoms with Gasteiger partial charge in [-0.1, -0.05) is 30.0 Å². The molecule has 2 heterocycles. The third-order valence-electron chi connectivity index (χ3n) is 5.43. The van der Waals surface area contributed by atoms with Crippen LogP contribution in [-0.4, -0.2) is 64.6 Å². The second-order valence-electron chi connectivity index (χ2n) is 7.41. The van der Waals surface area contributed by atoms with Gasteiger partial charge in [0.2, 0.25) is 5.91 Å². The highest BCUT2D eigenvalue weighted by atomic mass is 32.2. The third kappa shape index (κ3) is 5.34. The Balaban J connectivity index is 1.24. The maximum atomic E-state index is 12.7. The number of anilines is 1. The Bertz CT molecular complexity index is 1020. The highest BCUT2D eigenvalue weighted by molar-refractivity contribution is 7.99. The van der Waals surface area contributed by atoms with E-state index in [1.165, 1.54) is 17.4 Å². The Hall–Kier alpha value is -3.20. The van der Waals surface area contributed by atoms with Crippen molar-refractivity contribution in [1.29, 1.82) is 0 Å². The molecule has 1 fully saturated rings. The van der Waals surface area contributed by atoms with Gasteiger partial charge in [0, 0.05) is 38.9 Å². The van der Waals surface area contributed by atoms with E-state index in [2.05, 4.69) is 27.2 Å². The number of hydrogen-bond donors (Lipinski definition) is 0. The molecule has 0 radical (unpaired) electrons. The van der Waals surface area contributed by atoms with Crippen molar-refractivity contribution in [3.05, 3.63) is 60.4 Å². The standard InChI is InChI=1S/C23H27N5O3S/c1-26-21(16-31-20-10-8-19(30-2)9-11-20)24-25-23(26)32-17-22(29)28-14-12-27(13-15-28)18-6-4-3-5-7-18/h3-11H,12-17H2,1-2H3. The lowest BCUT2D eigenvalue weighted by Crippen LogP contribution is -2.49. The molecule has 0 unspecified atom stereocenters. The number of rotatable bonds is 8. The molecule has 168 valence electrons. The Labute approximate surface area is 192 Å². The fourth-order valence-electron chi connectivity index (χ4n) is 3.49. The largest absolute Gasteiger partial charge is 0.497 e. The molecule has 3 aromatic rings. The molecule has 0 N–H and O–H groups in total. The molecule has 0 saturated carbocycles. The fraction of sp³-hybridized carbons (Fsp3) is 0.348. The normalized spacial score (nSPS) is 13.8. The van der Waals surface area contributed by atoms with Crippen LogP contribution in [0.4, 0.5) is 5.69 Å². The summed E-state index contributed by atoms with van der Waals surface area (Å²) >= 11 is 1.41. The Morgan fingerprint density at radius 1 is 0.969 bits per heavy atom. The monoisotopic (exact) mass is 453 g/mol. The number of aromatic nitrogens is 3. The molecule has 2 aromatic carbocycles. The number of piperazine rings is 1. The number of para-hydroxylation sites is 1. The van der Waals surface area contributed by atoms with Gasteiger partial charge in [0.15, 0.2) is 11.0 Å². The summed E-state index contributed by atoms with van der Waals surface area (Å²) in [5.74, 6) is 2.68. The van der Waals surface area contributed by atoms with Crippen LogP contribution in [0.3, 0.4) is 0 Å². The Morgan fingerprint density at radius 3 is 2.34 bits per heavy atom. The number of thioether (sulfide) groups is 1. The summed E-state index contributed by atoms with van der Waals surface area (Å²) in [5.41, 5.74) is 1.21. The van der Waals surface area contributed by atoms with Crippen molar-refractivity contribution in [1.82, 2.24) is 19.7 Å². The van der Waals surface area contributed by atoms with Crippen LogP contribution in [0.25, 0.3) is 0 Å². The second kappa shape index (κ2) is 10.4. The summed E-state index contributed by atoms with van der Waals surface area (Å²) in [6, 6.07) is 17.7. The molecule has 1 amide bonds. The quantitative estimate of drug-likeness (QED) is 0.486. The van der Waals surface area contributed by atoms with Crippen molar-refractivity contribution < 1.29 is 14.3 Å². The van der Waals surface area contributed by atoms with Gasteiger partial charge < -0.3 is 23.8 Å². The number of benzene rings is 2. The summed E-state index contributed by atoms with van der Waals surface area (Å²) in [5, 5.41) is 9.13. The van der Waals surface area contributed by atoms with Crippen molar-refractivity contribution in [2.24, 2.45) is 7.05 Å². The zero-order chi connectivity index (χ0) is 22.3. The Morgan fingerprint density at radius 2 is 1.66 bits per heavy atom. The van der Waals surface area contributed by atoms with Crippen molar-refractivity contribution in [3.63, 3.8) is 0 Å². The van der Waals surface area contributed by atoms with E-state index in [1.54, 1.807) is 7.11 Å². The van der Waals surface area contributed by atoms with Crippen LogP contribution >= 0.6 is 11.8 Å². The maximum Gasteiger partial charge on any atom is 0.233 e. The van der Waals surface area contributed by atoms with Crippen molar-refractivity contribution >= 4 is 23.4 Å². The van der Waals surface area contributed by atoms with Crippen molar-refractivity contribution in [3.8, 4) is 11.5 Å². The van der Waals surface area contributed by atoms with Gasteiger partial charge in [-0.05, 0) is 36.4 Å². The minimum absolute atomic E-state index is 0.127. The summed E-state index contributed by atoms with van der Waals surface area (Å²) < 4.78 is 12.8. The van der Waals surface area contributed by atoms with E-state index in [9.17, 15) is 4.79 Å². The SMILES string of the molecule is COc1ccc(OCc2nnc(SCC(=O)N3CCN(c4ccccc4)CC3)n2C)cc1. The van der Waals surface area contributed by atoms with Gasteiger partial charge in [-0.25, -0.2) is 0 Å². The summed E-state index contributed by atoms with van der Waals surface area (Å²) in [7, 11) is 3.52. The average molecular weight is 454 g/mol. The fourth-order valence-corrected chi connectivity index (χ4v) is 4.32. The predicted octanol–water partition coefficient (Wildman–Crippen LogP) is 2.84. The van der Waals surface area contributed by atoms with Crippen LogP contribution in [0.2, 0.25) is 0 Å². The number of nitrogens with zero attached hydrogens (tertiary/aromatic N) is 5. The van der Waals surface area contributed by atoms with Gasteiger partial charge >= 0.3 is 0 Å². The van der Waals surface area contributed by atoms with E-state index < -0.39 is 0 Å². The van der Waals surface area contributed by atoms with Gasteiger partial charge in [0.25, 0.3) is 0 Å². The van der Waals surface area contributed by atoms with Gasteiger partial charge in [-0.3, -0.25) is 4.79 Å². The van der Waals surface area contributed by atoms with Crippen LogP contribution in [0.15, 0.2) is 59.8 Å². The molecule has 1 aliphatic heterocycles. The number of hydrogen-bond acceptors (Lipinski definition) is 7. The lowest BCUT2D eigenvalue weighted by atomic mass is 10.2. The number of ether oxygens (including phenoxy) is 2. The topological polar surface area (TPSA) is 72.7 Å². The third-order valence-corrected chi connectivity index (χ3v) is 6.44. The summed E-state index contributed by atoms with van der Waals surface area (Å²) in [4.78, 5) is 16.9. The minimum atomic E-state index is 0.127. The first-order valence-electron chi connectivity index (χ1n) is 10.5. The van der Waals surface area contributed by atoms with Crippen LogP contribution in [0, 0.1) is 0 Å². The number of amides is 1. The van der Waals surface area contributed by atoms with Gasteiger partial charge in [-0.2, -0.15) is 0 Å². The molecule has 0 aliphatic carbocycles. The zero-order valence-corrected chi connectivity index (χ0v) is 19.1. The smallest absolute Gasteiger partial charge is 0.233 e. The van der Waals surface area contributed by atoms with E-state index in [1.807, 2.05) is 59.0 Å². The molecule has 0 spiro atoms. The molecule has 0 bridgehead atoms. The van der Waals surface area contributed by atoms with E-state index >= 15 is 0 Å². The first-order chi connectivity index (χ1) is 15.6. The zero-order valence-electron chi connectivity index (χ0n) is 18.3. The second-order valence-corrected chi connectivity index (χ2v) is 8.36. The molecule has 8 nitrogen and oxygen atoms in total. The maximum absolute atomic E-state index is 12.7. The summed E-state index contributed by atoms with van der Waals surface area (Å²) in [6.07, 6.45) is 0. The molecule has 32 heavy (non-hydrogen) atoms. The average Bonchev–Trinajstić information content (AvgIpc) is 3.21. The molecule has 0 atom stereocenters.